The van der Waals surface area contributed by atoms with Gasteiger partial charge in [-0.15, -0.1) is 10.2 Å². The third-order valence-electron chi connectivity index (χ3n) is 5.52. The van der Waals surface area contributed by atoms with Gasteiger partial charge in [0.25, 0.3) is 0 Å². The lowest BCUT2D eigenvalue weighted by atomic mass is 9.94. The van der Waals surface area contributed by atoms with Gasteiger partial charge in [-0.25, -0.2) is 0 Å². The van der Waals surface area contributed by atoms with E-state index in [2.05, 4.69) is 15.1 Å². The maximum atomic E-state index is 12.7. The van der Waals surface area contributed by atoms with Crippen LogP contribution in [-0.2, 0) is 18.6 Å². The van der Waals surface area contributed by atoms with Gasteiger partial charge in [-0.05, 0) is 43.0 Å². The van der Waals surface area contributed by atoms with E-state index in [-0.39, 0.29) is 5.41 Å². The Kier molecular flexibility index (Phi) is 4.51. The molecule has 4 rings (SSSR count). The van der Waals surface area contributed by atoms with Gasteiger partial charge in [-0.1, -0.05) is 23.9 Å². The fourth-order valence-electron chi connectivity index (χ4n) is 4.05. The molecule has 1 saturated carbocycles. The molecular formula is C18H21F3N4S. The second kappa shape index (κ2) is 6.56. The van der Waals surface area contributed by atoms with Crippen LogP contribution >= 0.6 is 11.8 Å². The molecule has 26 heavy (non-hydrogen) atoms. The number of nitrogens with zero attached hydrogens (tertiary/aromatic N) is 4. The minimum atomic E-state index is -4.26. The number of aromatic nitrogens is 3. The van der Waals surface area contributed by atoms with E-state index in [1.54, 1.807) is 30.2 Å². The quantitative estimate of drug-likeness (QED) is 0.565. The van der Waals surface area contributed by atoms with E-state index in [0.717, 1.165) is 48.9 Å². The van der Waals surface area contributed by atoms with E-state index < -0.39 is 11.7 Å². The average molecular weight is 382 g/mol. The summed E-state index contributed by atoms with van der Waals surface area (Å²) in [6, 6.07) is 5.80. The first kappa shape index (κ1) is 17.9. The number of aryl methyl sites for hydroxylation is 1. The molecule has 0 N–H and O–H groups in total. The molecule has 0 spiro atoms. The van der Waals surface area contributed by atoms with Gasteiger partial charge in [0.05, 0.1) is 5.56 Å². The maximum Gasteiger partial charge on any atom is 0.416 e. The predicted octanol–water partition coefficient (Wildman–Crippen LogP) is 3.59. The van der Waals surface area contributed by atoms with Crippen LogP contribution in [0.25, 0.3) is 0 Å². The zero-order chi connectivity index (χ0) is 18.4. The lowest BCUT2D eigenvalue weighted by molar-refractivity contribution is -0.137. The number of halogens is 3. The number of benzene rings is 1. The van der Waals surface area contributed by atoms with Crippen molar-refractivity contribution in [3.8, 4) is 0 Å². The van der Waals surface area contributed by atoms with Gasteiger partial charge in [-0.3, -0.25) is 0 Å². The fraction of sp³-hybridized carbons (Fsp3) is 0.556. The van der Waals surface area contributed by atoms with E-state index in [0.29, 0.717) is 5.92 Å². The predicted molar refractivity (Wildman–Crippen MR) is 94.0 cm³/mol. The van der Waals surface area contributed by atoms with Crippen LogP contribution in [0.3, 0.4) is 0 Å². The molecule has 8 heteroatoms. The first-order chi connectivity index (χ1) is 12.4. The summed E-state index contributed by atoms with van der Waals surface area (Å²) < 4.78 is 40.1. The molecule has 4 nitrogen and oxygen atoms in total. The van der Waals surface area contributed by atoms with Gasteiger partial charge in [0, 0.05) is 31.3 Å². The molecule has 0 amide bonds. The number of thioether (sulfide) groups is 1. The van der Waals surface area contributed by atoms with E-state index in [1.165, 1.54) is 12.1 Å². The van der Waals surface area contributed by atoms with E-state index >= 15 is 0 Å². The molecule has 1 saturated heterocycles. The molecular weight excluding hydrogens is 361 g/mol. The summed E-state index contributed by atoms with van der Waals surface area (Å²) in [5.41, 5.74) is 0.581. The highest BCUT2D eigenvalue weighted by molar-refractivity contribution is 7.99. The number of piperidine rings is 1. The molecule has 2 atom stereocenters. The summed E-state index contributed by atoms with van der Waals surface area (Å²) >= 11 is 1.70. The average Bonchev–Trinajstić information content (AvgIpc) is 2.95. The third-order valence-corrected chi connectivity index (χ3v) is 6.64. The molecule has 0 radical (unpaired) electrons. The summed E-state index contributed by atoms with van der Waals surface area (Å²) in [5, 5.41) is 8.86. The Hall–Kier alpha value is -1.54. The summed E-state index contributed by atoms with van der Waals surface area (Å²) in [6.45, 7) is 3.02. The summed E-state index contributed by atoms with van der Waals surface area (Å²) in [5.74, 6) is 1.58. The monoisotopic (exact) mass is 382 g/mol. The Morgan fingerprint density at radius 3 is 2.69 bits per heavy atom. The van der Waals surface area contributed by atoms with Crippen LogP contribution in [0.4, 0.5) is 13.2 Å². The molecule has 0 unspecified atom stereocenters. The van der Waals surface area contributed by atoms with Gasteiger partial charge in [0.15, 0.2) is 5.16 Å². The number of hydrogen-bond donors (Lipinski definition) is 0. The first-order valence-corrected chi connectivity index (χ1v) is 9.74. The molecule has 1 aliphatic carbocycles. The number of rotatable bonds is 6. The Bertz CT molecular complexity index is 773. The standard InChI is InChI=1S/C18H21F3N4S/c1-24-12-22-23-16(24)26-8-2-7-25-10-15-9-17(15,11-25)13-3-5-14(6-4-13)18(19,20)21/h3-6,12,15H,2,7-11H2,1H3/t15-,17+/m0/s1. The summed E-state index contributed by atoms with van der Waals surface area (Å²) in [6.07, 6.45) is -0.402. The second-order valence-electron chi connectivity index (χ2n) is 7.29. The Morgan fingerprint density at radius 2 is 2.04 bits per heavy atom. The third kappa shape index (κ3) is 3.36. The Labute approximate surface area is 154 Å². The molecule has 140 valence electrons. The van der Waals surface area contributed by atoms with Gasteiger partial charge in [-0.2, -0.15) is 13.2 Å². The summed E-state index contributed by atoms with van der Waals surface area (Å²) in [7, 11) is 1.93. The van der Waals surface area contributed by atoms with Crippen LogP contribution in [-0.4, -0.2) is 45.1 Å². The Morgan fingerprint density at radius 1 is 1.27 bits per heavy atom. The summed E-state index contributed by atoms with van der Waals surface area (Å²) in [4.78, 5) is 2.45. The van der Waals surface area contributed by atoms with E-state index in [1.807, 2.05) is 11.6 Å². The molecule has 1 aromatic carbocycles. The van der Waals surface area contributed by atoms with Crippen LogP contribution < -0.4 is 0 Å². The SMILES string of the molecule is Cn1cnnc1SCCCN1C[C@@H]2C[C@]2(c2ccc(C(F)(F)F)cc2)C1. The minimum absolute atomic E-state index is 0.0842. The highest BCUT2D eigenvalue weighted by Crippen LogP contribution is 2.59. The molecule has 2 aliphatic rings. The molecule has 1 aliphatic heterocycles. The van der Waals surface area contributed by atoms with Crippen molar-refractivity contribution in [2.24, 2.45) is 13.0 Å². The molecule has 2 heterocycles. The Balaban J connectivity index is 1.29. The van der Waals surface area contributed by atoms with Crippen molar-refractivity contribution in [1.82, 2.24) is 19.7 Å². The first-order valence-electron chi connectivity index (χ1n) is 8.75. The molecule has 2 fully saturated rings. The number of fused-ring (bicyclic) bond motifs is 1. The normalized spacial score (nSPS) is 25.5. The minimum Gasteiger partial charge on any atom is -0.312 e. The van der Waals surface area contributed by atoms with Crippen LogP contribution in [0.1, 0.15) is 24.0 Å². The van der Waals surface area contributed by atoms with Crippen molar-refractivity contribution >= 4 is 11.8 Å². The van der Waals surface area contributed by atoms with Gasteiger partial charge >= 0.3 is 6.18 Å². The number of hydrogen-bond acceptors (Lipinski definition) is 4. The number of likely N-dealkylation sites (tertiary alicyclic amines) is 1. The van der Waals surface area contributed by atoms with Crippen LogP contribution in [0, 0.1) is 5.92 Å². The smallest absolute Gasteiger partial charge is 0.312 e. The number of alkyl halides is 3. The van der Waals surface area contributed by atoms with E-state index in [9.17, 15) is 13.2 Å². The van der Waals surface area contributed by atoms with Crippen molar-refractivity contribution in [3.63, 3.8) is 0 Å². The van der Waals surface area contributed by atoms with Crippen molar-refractivity contribution in [2.75, 3.05) is 25.4 Å². The molecule has 1 aromatic heterocycles. The molecule has 0 bridgehead atoms. The van der Waals surface area contributed by atoms with Crippen molar-refractivity contribution in [1.29, 1.82) is 0 Å². The van der Waals surface area contributed by atoms with Crippen molar-refractivity contribution in [3.05, 3.63) is 41.7 Å². The largest absolute Gasteiger partial charge is 0.416 e. The zero-order valence-electron chi connectivity index (χ0n) is 14.5. The second-order valence-corrected chi connectivity index (χ2v) is 8.36. The van der Waals surface area contributed by atoms with Crippen molar-refractivity contribution in [2.45, 2.75) is 29.6 Å². The van der Waals surface area contributed by atoms with Gasteiger partial charge < -0.3 is 9.47 Å². The lowest BCUT2D eigenvalue weighted by Gasteiger charge is -2.21. The van der Waals surface area contributed by atoms with Crippen molar-refractivity contribution < 1.29 is 13.2 Å². The van der Waals surface area contributed by atoms with E-state index in [4.69, 9.17) is 0 Å². The van der Waals surface area contributed by atoms with Crippen LogP contribution in [0.5, 0.6) is 0 Å². The van der Waals surface area contributed by atoms with Crippen LogP contribution in [0.15, 0.2) is 35.7 Å². The highest BCUT2D eigenvalue weighted by Gasteiger charge is 2.60. The topological polar surface area (TPSA) is 34.0 Å². The highest BCUT2D eigenvalue weighted by atomic mass is 32.2. The van der Waals surface area contributed by atoms with Gasteiger partial charge in [0.1, 0.15) is 6.33 Å². The zero-order valence-corrected chi connectivity index (χ0v) is 15.4. The maximum absolute atomic E-state index is 12.7. The lowest BCUT2D eigenvalue weighted by Crippen LogP contribution is -2.28. The van der Waals surface area contributed by atoms with Crippen LogP contribution in [0.2, 0.25) is 0 Å². The van der Waals surface area contributed by atoms with Gasteiger partial charge in [0.2, 0.25) is 0 Å². The fourth-order valence-corrected chi connectivity index (χ4v) is 4.86. The molecule has 2 aromatic rings.